The molecule has 1 heteroatoms. The fourth-order valence-corrected chi connectivity index (χ4v) is 1.78. The Morgan fingerprint density at radius 2 is 1.54 bits per heavy atom. The van der Waals surface area contributed by atoms with E-state index in [-0.39, 0.29) is 7.43 Å². The van der Waals surface area contributed by atoms with Crippen molar-refractivity contribution < 1.29 is 0 Å². The second-order valence-corrected chi connectivity index (χ2v) is 3.37. The predicted molar refractivity (Wildman–Crippen MR) is 63.3 cm³/mol. The van der Waals surface area contributed by atoms with E-state index >= 15 is 0 Å². The standard InChI is InChI=1S/C9H19N.C2H6.CH4/c1-3-10(2)9-7-5-4-6-8-9;1-2;/h9H,3-8H2,1-2H3;1-2H3;1H4. The van der Waals surface area contributed by atoms with Crippen LogP contribution in [0.3, 0.4) is 0 Å². The van der Waals surface area contributed by atoms with Crippen molar-refractivity contribution in [1.29, 1.82) is 0 Å². The molecule has 0 aromatic heterocycles. The average molecular weight is 187 g/mol. The predicted octanol–water partition coefficient (Wildman–Crippen LogP) is 3.93. The molecule has 0 N–H and O–H groups in total. The number of hydrogen-bond donors (Lipinski definition) is 0. The summed E-state index contributed by atoms with van der Waals surface area (Å²) >= 11 is 0. The van der Waals surface area contributed by atoms with Gasteiger partial charge in [0.25, 0.3) is 0 Å². The Morgan fingerprint density at radius 1 is 1.08 bits per heavy atom. The zero-order valence-electron chi connectivity index (χ0n) is 9.27. The third kappa shape index (κ3) is 6.09. The zero-order chi connectivity index (χ0) is 9.40. The SMILES string of the molecule is C.CC.CCN(C)C1CCCCC1. The highest BCUT2D eigenvalue weighted by Crippen LogP contribution is 2.20. The van der Waals surface area contributed by atoms with Crippen molar-refractivity contribution in [2.24, 2.45) is 0 Å². The second-order valence-electron chi connectivity index (χ2n) is 3.37. The van der Waals surface area contributed by atoms with Gasteiger partial charge in [-0.1, -0.05) is 47.5 Å². The zero-order valence-corrected chi connectivity index (χ0v) is 9.27. The summed E-state index contributed by atoms with van der Waals surface area (Å²) in [6.45, 7) is 7.46. The molecule has 0 aromatic rings. The second kappa shape index (κ2) is 10.0. The Labute approximate surface area is 85.5 Å². The maximum atomic E-state index is 2.49. The van der Waals surface area contributed by atoms with Crippen molar-refractivity contribution in [3.8, 4) is 0 Å². The summed E-state index contributed by atoms with van der Waals surface area (Å²) in [5.74, 6) is 0. The molecule has 0 spiro atoms. The first-order valence-electron chi connectivity index (χ1n) is 5.55. The third-order valence-electron chi connectivity index (χ3n) is 2.70. The van der Waals surface area contributed by atoms with Crippen molar-refractivity contribution >= 4 is 0 Å². The van der Waals surface area contributed by atoms with Crippen molar-refractivity contribution in [3.05, 3.63) is 0 Å². The molecule has 0 radical (unpaired) electrons. The van der Waals surface area contributed by atoms with Gasteiger partial charge in [-0.2, -0.15) is 0 Å². The molecule has 1 saturated carbocycles. The topological polar surface area (TPSA) is 3.24 Å². The number of nitrogens with zero attached hydrogens (tertiary/aromatic N) is 1. The van der Waals surface area contributed by atoms with E-state index < -0.39 is 0 Å². The van der Waals surface area contributed by atoms with Crippen molar-refractivity contribution in [2.45, 2.75) is 66.3 Å². The van der Waals surface area contributed by atoms with Crippen LogP contribution < -0.4 is 0 Å². The molecule has 1 aliphatic rings. The molecule has 0 atom stereocenters. The molecule has 0 bridgehead atoms. The Kier molecular flexibility index (Phi) is 11.9. The van der Waals surface area contributed by atoms with Crippen molar-refractivity contribution in [2.75, 3.05) is 13.6 Å². The Morgan fingerprint density at radius 3 is 1.92 bits per heavy atom. The van der Waals surface area contributed by atoms with Gasteiger partial charge >= 0.3 is 0 Å². The van der Waals surface area contributed by atoms with Crippen LogP contribution in [0.1, 0.15) is 60.3 Å². The first-order chi connectivity index (χ1) is 5.84. The normalized spacial score (nSPS) is 17.3. The minimum atomic E-state index is 0. The molecule has 0 saturated heterocycles. The molecule has 13 heavy (non-hydrogen) atoms. The minimum absolute atomic E-state index is 0. The lowest BCUT2D eigenvalue weighted by atomic mass is 9.95. The fourth-order valence-electron chi connectivity index (χ4n) is 1.78. The van der Waals surface area contributed by atoms with Crippen molar-refractivity contribution in [1.82, 2.24) is 4.90 Å². The Balaban J connectivity index is 0. The molecule has 82 valence electrons. The summed E-state index contributed by atoms with van der Waals surface area (Å²) in [5.41, 5.74) is 0. The van der Waals surface area contributed by atoms with Gasteiger partial charge in [0.1, 0.15) is 0 Å². The summed E-state index contributed by atoms with van der Waals surface area (Å²) < 4.78 is 0. The maximum Gasteiger partial charge on any atom is 0.00920 e. The van der Waals surface area contributed by atoms with Gasteiger partial charge in [0.15, 0.2) is 0 Å². The van der Waals surface area contributed by atoms with Gasteiger partial charge in [-0.05, 0) is 26.4 Å². The summed E-state index contributed by atoms with van der Waals surface area (Å²) in [7, 11) is 2.25. The maximum absolute atomic E-state index is 2.49. The molecular formula is C12H29N. The van der Waals surface area contributed by atoms with Crippen LogP contribution in [0.5, 0.6) is 0 Å². The van der Waals surface area contributed by atoms with Crippen LogP contribution in [0.25, 0.3) is 0 Å². The van der Waals surface area contributed by atoms with E-state index in [2.05, 4.69) is 18.9 Å². The van der Waals surface area contributed by atoms with E-state index in [1.807, 2.05) is 13.8 Å². The van der Waals surface area contributed by atoms with Crippen LogP contribution in [0.2, 0.25) is 0 Å². The van der Waals surface area contributed by atoms with Crippen LogP contribution in [0, 0.1) is 0 Å². The lowest BCUT2D eigenvalue weighted by Crippen LogP contribution is -2.32. The van der Waals surface area contributed by atoms with Gasteiger partial charge in [-0.3, -0.25) is 0 Å². The lowest BCUT2D eigenvalue weighted by Gasteiger charge is -2.29. The molecule has 0 heterocycles. The summed E-state index contributed by atoms with van der Waals surface area (Å²) in [5, 5.41) is 0. The third-order valence-corrected chi connectivity index (χ3v) is 2.70. The van der Waals surface area contributed by atoms with Gasteiger partial charge in [0, 0.05) is 6.04 Å². The van der Waals surface area contributed by atoms with E-state index in [4.69, 9.17) is 0 Å². The van der Waals surface area contributed by atoms with Crippen LogP contribution in [-0.4, -0.2) is 24.5 Å². The van der Waals surface area contributed by atoms with Gasteiger partial charge in [-0.25, -0.2) is 0 Å². The largest absolute Gasteiger partial charge is 0.304 e. The summed E-state index contributed by atoms with van der Waals surface area (Å²) in [4.78, 5) is 2.49. The van der Waals surface area contributed by atoms with Crippen LogP contribution in [0.4, 0.5) is 0 Å². The van der Waals surface area contributed by atoms with Crippen LogP contribution in [0.15, 0.2) is 0 Å². The van der Waals surface area contributed by atoms with Gasteiger partial charge in [0.05, 0.1) is 0 Å². The minimum Gasteiger partial charge on any atom is -0.304 e. The van der Waals surface area contributed by atoms with Gasteiger partial charge in [0.2, 0.25) is 0 Å². The first kappa shape index (κ1) is 15.4. The summed E-state index contributed by atoms with van der Waals surface area (Å²) in [6.07, 6.45) is 7.24. The molecule has 1 aliphatic carbocycles. The molecule has 1 rings (SSSR count). The quantitative estimate of drug-likeness (QED) is 0.633. The molecule has 0 aliphatic heterocycles. The highest BCUT2D eigenvalue weighted by molar-refractivity contribution is 4.72. The highest BCUT2D eigenvalue weighted by atomic mass is 15.1. The van der Waals surface area contributed by atoms with Crippen LogP contribution >= 0.6 is 0 Å². The highest BCUT2D eigenvalue weighted by Gasteiger charge is 2.15. The lowest BCUT2D eigenvalue weighted by molar-refractivity contribution is 0.200. The van der Waals surface area contributed by atoms with E-state index in [1.54, 1.807) is 0 Å². The molecule has 1 nitrogen and oxygen atoms in total. The monoisotopic (exact) mass is 187 g/mol. The average Bonchev–Trinajstić information content (AvgIpc) is 2.21. The molecular weight excluding hydrogens is 158 g/mol. The number of hydrogen-bond acceptors (Lipinski definition) is 1. The Bertz CT molecular complexity index is 85.1. The molecule has 1 fully saturated rings. The van der Waals surface area contributed by atoms with Gasteiger partial charge < -0.3 is 4.90 Å². The smallest absolute Gasteiger partial charge is 0.00920 e. The molecule has 0 unspecified atom stereocenters. The van der Waals surface area contributed by atoms with Crippen LogP contribution in [-0.2, 0) is 0 Å². The fraction of sp³-hybridized carbons (Fsp3) is 1.00. The van der Waals surface area contributed by atoms with E-state index in [9.17, 15) is 0 Å². The van der Waals surface area contributed by atoms with E-state index in [1.165, 1.54) is 38.6 Å². The molecule has 0 aromatic carbocycles. The summed E-state index contributed by atoms with van der Waals surface area (Å²) in [6, 6.07) is 0.902. The molecule has 0 amide bonds. The number of rotatable bonds is 2. The van der Waals surface area contributed by atoms with E-state index in [0.717, 1.165) is 6.04 Å². The van der Waals surface area contributed by atoms with Gasteiger partial charge in [-0.15, -0.1) is 0 Å². The van der Waals surface area contributed by atoms with Crippen molar-refractivity contribution in [3.63, 3.8) is 0 Å². The first-order valence-corrected chi connectivity index (χ1v) is 5.55. The van der Waals surface area contributed by atoms with E-state index in [0.29, 0.717) is 0 Å². The Hall–Kier alpha value is -0.0400.